The van der Waals surface area contributed by atoms with Crippen LogP contribution in [0.1, 0.15) is 120 Å². The fourth-order valence-corrected chi connectivity index (χ4v) is 14.2. The Morgan fingerprint density at radius 2 is 0.226 bits per heavy atom. The highest BCUT2D eigenvalue weighted by molar-refractivity contribution is 5.60. The summed E-state index contributed by atoms with van der Waals surface area (Å²) in [6.45, 7) is 14.8. The Balaban J connectivity index is 1.86. The van der Waals surface area contributed by atoms with Gasteiger partial charge in [0, 0.05) is 152 Å². The van der Waals surface area contributed by atoms with Gasteiger partial charge in [-0.2, -0.15) is 0 Å². The first kappa shape index (κ1) is 97.5. The van der Waals surface area contributed by atoms with Crippen LogP contribution in [0.25, 0.3) is 0 Å². The Hall–Kier alpha value is -6.30. The average molecular weight is 1610 g/mol. The second-order valence-electron chi connectivity index (χ2n) is 43.4. The van der Waals surface area contributed by atoms with Gasteiger partial charge in [-0.15, -0.1) is 0 Å². The highest BCUT2D eigenvalue weighted by atomic mass is 16.5. The van der Waals surface area contributed by atoms with Crippen molar-refractivity contribution < 1.29 is 92.2 Å². The summed E-state index contributed by atoms with van der Waals surface area (Å²) in [6.07, 6.45) is 11.1. The Morgan fingerprint density at radius 3 is 0.296 bits per heavy atom. The van der Waals surface area contributed by atoms with Gasteiger partial charge in [-0.25, -0.2) is 0 Å². The minimum atomic E-state index is 0.490. The molecule has 20 heteroatoms. The summed E-state index contributed by atoms with van der Waals surface area (Å²) >= 11 is 0. The zero-order valence-electron chi connectivity index (χ0n) is 79.1. The lowest BCUT2D eigenvalue weighted by Gasteiger charge is -2.26. The molecule has 10 bridgehead atoms. The van der Waals surface area contributed by atoms with Crippen LogP contribution in [0.5, 0.6) is 57.5 Å². The molecule has 0 aliphatic heterocycles. The van der Waals surface area contributed by atoms with Crippen LogP contribution < -0.4 is 47.4 Å². The summed E-state index contributed by atoms with van der Waals surface area (Å²) in [7, 11) is 67.6. The van der Waals surface area contributed by atoms with E-state index >= 15 is 0 Å². The molecule has 0 N–H and O–H groups in total. The molecule has 0 saturated carbocycles. The highest BCUT2D eigenvalue weighted by Crippen LogP contribution is 2.44. The molecule has 115 heavy (non-hydrogen) atoms. The van der Waals surface area contributed by atoms with E-state index in [1.165, 1.54) is 0 Å². The van der Waals surface area contributed by atoms with E-state index in [9.17, 15) is 0 Å². The summed E-state index contributed by atoms with van der Waals surface area (Å²) in [5.41, 5.74) is 10.1. The minimum absolute atomic E-state index is 0.490. The molecule has 20 nitrogen and oxygen atoms in total. The van der Waals surface area contributed by atoms with Gasteiger partial charge in [0.1, 0.15) is 57.5 Å². The number of nitrogens with zero attached hydrogens (tertiary/aromatic N) is 10. The Morgan fingerprint density at radius 1 is 0.148 bits per heavy atom. The Labute approximate surface area is 701 Å². The molecule has 0 aromatic heterocycles. The van der Waals surface area contributed by atoms with E-state index in [-0.39, 0.29) is 0 Å². The summed E-state index contributed by atoms with van der Waals surface area (Å²) in [5, 5.41) is 0. The third-order valence-corrected chi connectivity index (χ3v) is 20.4. The zero-order chi connectivity index (χ0) is 85.4. The Bertz CT molecular complexity index is 2960. The first-order valence-electron chi connectivity index (χ1n) is 43.3. The van der Waals surface area contributed by atoms with Crippen molar-refractivity contribution in [2.75, 3.05) is 343 Å². The zero-order valence-corrected chi connectivity index (χ0v) is 79.1. The van der Waals surface area contributed by atoms with Crippen LogP contribution in [-0.2, 0) is 32.1 Å². The lowest BCUT2D eigenvalue weighted by Crippen LogP contribution is -2.36. The molecular weight excluding hydrogens is 1440 g/mol. The lowest BCUT2D eigenvalue weighted by molar-refractivity contribution is -0.870. The third kappa shape index (κ3) is 39.9. The van der Waals surface area contributed by atoms with Gasteiger partial charge >= 0.3 is 0 Å². The number of quaternary nitrogens is 10. The Kier molecular flexibility index (Phi) is 36.5. The lowest BCUT2D eigenvalue weighted by atomic mass is 9.94. The maximum atomic E-state index is 7.28. The number of hydrogen-bond acceptors (Lipinski definition) is 10. The van der Waals surface area contributed by atoms with E-state index in [2.05, 4.69) is 272 Å². The highest BCUT2D eigenvalue weighted by Gasteiger charge is 2.28. The number of ether oxygens (including phenoxy) is 10. The molecule has 0 radical (unpaired) electrons. The second-order valence-corrected chi connectivity index (χ2v) is 43.4. The maximum absolute atomic E-state index is 7.28. The van der Waals surface area contributed by atoms with Crippen LogP contribution in [-0.4, -0.2) is 388 Å². The molecule has 0 heterocycles. The van der Waals surface area contributed by atoms with Gasteiger partial charge in [0.25, 0.3) is 0 Å². The van der Waals surface area contributed by atoms with Crippen LogP contribution in [0.4, 0.5) is 0 Å². The topological polar surface area (TPSA) is 92.3 Å². The molecular formula is C95H170N10O10+10. The first-order valence-corrected chi connectivity index (χ1v) is 43.3. The van der Waals surface area contributed by atoms with Gasteiger partial charge < -0.3 is 92.2 Å². The van der Waals surface area contributed by atoms with Gasteiger partial charge in [0.15, 0.2) is 0 Å². The van der Waals surface area contributed by atoms with Crippen LogP contribution >= 0.6 is 0 Å². The number of benzene rings is 5. The number of hydrogen-bond donors (Lipinski definition) is 0. The standard InChI is InChI=1S/C95H170N10O10/c1-96(2,3)41-31-51-106-86-66-77-62-79-69-91(111-56-36-46-101(16,17)18)81(71-90(79)110-55-35-45-100(13,14)15)64-83-73-95(115-60-40-50-105(28,29)30)85(75-94(83)114-59-39-49-104(25,26)27)65-84-74-92(112-57-37-47-102(19,20)21)82(72-93(84)113-58-38-48-103(22,23)24)63-80-70-88(108-53-33-43-98(7,8)9)78(68-89(80)109-54-34-44-99(10,11)12)61-76(86)67-87(77)107-52-32-42-97(4,5)6/h66-75H,31-65H2,1-30H3/q+10. The summed E-state index contributed by atoms with van der Waals surface area (Å²) in [5.74, 6) is 8.18. The van der Waals surface area contributed by atoms with Crippen molar-refractivity contribution in [3.8, 4) is 57.5 Å². The van der Waals surface area contributed by atoms with Crippen LogP contribution in [0, 0.1) is 0 Å². The molecule has 0 amide bonds. The molecule has 0 saturated heterocycles. The van der Waals surface area contributed by atoms with Crippen molar-refractivity contribution >= 4 is 0 Å². The van der Waals surface area contributed by atoms with E-state index in [1.807, 2.05) is 0 Å². The summed E-state index contributed by atoms with van der Waals surface area (Å²) in [6, 6.07) is 22.8. The van der Waals surface area contributed by atoms with E-state index in [0.29, 0.717) is 98.2 Å². The van der Waals surface area contributed by atoms with E-state index in [0.717, 1.165) is 288 Å². The monoisotopic (exact) mass is 1610 g/mol. The van der Waals surface area contributed by atoms with Gasteiger partial charge in [0.2, 0.25) is 0 Å². The largest absolute Gasteiger partial charge is 0.493 e. The smallest absolute Gasteiger partial charge is 0.123 e. The number of rotatable bonds is 50. The quantitative estimate of drug-likeness (QED) is 0.0272. The predicted molar refractivity (Wildman–Crippen MR) is 476 cm³/mol. The predicted octanol–water partition coefficient (Wildman–Crippen LogP) is 12.7. The molecule has 0 fully saturated rings. The molecule has 5 aromatic carbocycles. The molecule has 10 aliphatic rings. The van der Waals surface area contributed by atoms with Gasteiger partial charge in [-0.1, -0.05) is 0 Å². The second kappa shape index (κ2) is 43.1. The molecule has 0 unspecified atom stereocenters. The van der Waals surface area contributed by atoms with Gasteiger partial charge in [-0.05, 0) is 60.7 Å². The first-order chi connectivity index (χ1) is 53.2. The van der Waals surface area contributed by atoms with Gasteiger partial charge in [-0.3, -0.25) is 0 Å². The van der Waals surface area contributed by atoms with E-state index in [4.69, 9.17) is 47.4 Å². The SMILES string of the molecule is C[N+](C)(C)CCCOc1cc2c(OCCC[N+](C)(C)C)cc1Cc1cc(OCCC[N+](C)(C)C)c(cc1OCCC[N+](C)(C)C)Cc1cc(OCCC[N+](C)(C)C)c(cc1OCCC[N+](C)(C)C)Cc1cc(OCCC[N+](C)(C)C)c(cc1OCCC[N+](C)(C)C)Cc1cc(OCCC[N+](C)(C)C)c(cc1OCCC[N+](C)(C)C)C2. The van der Waals surface area contributed by atoms with E-state index in [1.54, 1.807) is 0 Å². The third-order valence-electron chi connectivity index (χ3n) is 20.4. The van der Waals surface area contributed by atoms with Crippen molar-refractivity contribution in [3.63, 3.8) is 0 Å². The fourth-order valence-electron chi connectivity index (χ4n) is 14.2. The van der Waals surface area contributed by atoms with Crippen molar-refractivity contribution in [1.29, 1.82) is 0 Å². The fraction of sp³-hybridized carbons (Fsp3) is 0.684. The van der Waals surface area contributed by atoms with Gasteiger partial charge in [0.05, 0.1) is 343 Å². The normalized spacial score (nSPS) is 13.7. The summed E-state index contributed by atoms with van der Waals surface area (Å²) in [4.78, 5) is 0. The molecule has 650 valence electrons. The van der Waals surface area contributed by atoms with Crippen molar-refractivity contribution in [3.05, 3.63) is 116 Å². The van der Waals surface area contributed by atoms with Crippen molar-refractivity contribution in [2.24, 2.45) is 0 Å². The van der Waals surface area contributed by atoms with Crippen LogP contribution in [0.15, 0.2) is 60.7 Å². The molecule has 5 aromatic rings. The van der Waals surface area contributed by atoms with Crippen molar-refractivity contribution in [1.82, 2.24) is 0 Å². The molecule has 10 aliphatic carbocycles. The van der Waals surface area contributed by atoms with Crippen molar-refractivity contribution in [2.45, 2.75) is 96.3 Å². The van der Waals surface area contributed by atoms with Crippen LogP contribution in [0.3, 0.4) is 0 Å². The molecule has 0 atom stereocenters. The maximum Gasteiger partial charge on any atom is 0.123 e. The minimum Gasteiger partial charge on any atom is -0.493 e. The molecule has 15 rings (SSSR count). The molecule has 0 spiro atoms. The van der Waals surface area contributed by atoms with Crippen LogP contribution in [0.2, 0.25) is 0 Å². The average Bonchev–Trinajstić information content (AvgIpc) is 1.35. The summed E-state index contributed by atoms with van der Waals surface area (Å²) < 4.78 is 81.1. The van der Waals surface area contributed by atoms with E-state index < -0.39 is 0 Å².